The van der Waals surface area contributed by atoms with Crippen molar-refractivity contribution in [2.24, 2.45) is 0 Å². The normalized spacial score (nSPS) is 11.5. The molecule has 2 amide bonds. The molecule has 1 unspecified atom stereocenters. The minimum atomic E-state index is -0.695. The van der Waals surface area contributed by atoms with Crippen molar-refractivity contribution in [3.63, 3.8) is 0 Å². The van der Waals surface area contributed by atoms with Gasteiger partial charge in [-0.1, -0.05) is 30.3 Å². The van der Waals surface area contributed by atoms with E-state index in [1.807, 2.05) is 30.3 Å². The number of aromatic amines is 1. The van der Waals surface area contributed by atoms with Crippen LogP contribution in [-0.4, -0.2) is 27.8 Å². The van der Waals surface area contributed by atoms with Gasteiger partial charge in [0.05, 0.1) is 12.7 Å². The predicted octanol–water partition coefficient (Wildman–Crippen LogP) is 5.03. The van der Waals surface area contributed by atoms with Crippen molar-refractivity contribution in [2.45, 2.75) is 31.7 Å². The van der Waals surface area contributed by atoms with Crippen LogP contribution in [0.2, 0.25) is 0 Å². The highest BCUT2D eigenvalue weighted by atomic mass is 19.1. The number of H-pyrrole nitrogens is 1. The molecule has 0 saturated heterocycles. The lowest BCUT2D eigenvalue weighted by atomic mass is 10.0. The van der Waals surface area contributed by atoms with Crippen molar-refractivity contribution in [1.29, 1.82) is 0 Å². The van der Waals surface area contributed by atoms with Crippen LogP contribution in [0, 0.1) is 5.82 Å². The van der Waals surface area contributed by atoms with Crippen molar-refractivity contribution >= 4 is 17.5 Å². The highest BCUT2D eigenvalue weighted by Gasteiger charge is 2.21. The van der Waals surface area contributed by atoms with Crippen LogP contribution in [-0.2, 0) is 22.4 Å². The predicted molar refractivity (Wildman–Crippen MR) is 135 cm³/mol. The lowest BCUT2D eigenvalue weighted by Gasteiger charge is -2.19. The molecule has 4 rings (SSSR count). The summed E-state index contributed by atoms with van der Waals surface area (Å²) in [6.07, 6.45) is 5.22. The number of carbonyl (C=O) groups excluding carboxylic acids is 2. The maximum atomic E-state index is 13.1. The molecule has 0 saturated carbocycles. The third-order valence-corrected chi connectivity index (χ3v) is 5.53. The van der Waals surface area contributed by atoms with E-state index in [9.17, 15) is 14.0 Å². The Balaban J connectivity index is 1.36. The number of carbonyl (C=O) groups is 2. The molecule has 8 heteroatoms. The number of benzene rings is 3. The molecule has 7 nitrogen and oxygen atoms in total. The number of ether oxygens (including phenoxy) is 1. The van der Waals surface area contributed by atoms with E-state index in [0.29, 0.717) is 29.3 Å². The number of amides is 2. The van der Waals surface area contributed by atoms with E-state index in [1.54, 1.807) is 30.5 Å². The first kappa shape index (κ1) is 24.7. The van der Waals surface area contributed by atoms with Crippen LogP contribution in [0.4, 0.5) is 10.1 Å². The first-order chi connectivity index (χ1) is 17.5. The molecule has 1 aromatic heterocycles. The molecule has 0 aliphatic heterocycles. The van der Waals surface area contributed by atoms with Gasteiger partial charge in [0.15, 0.2) is 0 Å². The monoisotopic (exact) mass is 486 g/mol. The number of hydrogen-bond donors (Lipinski definition) is 3. The van der Waals surface area contributed by atoms with Crippen molar-refractivity contribution in [3.05, 3.63) is 108 Å². The summed E-state index contributed by atoms with van der Waals surface area (Å²) in [5, 5.41) is 5.73. The lowest BCUT2D eigenvalue weighted by Crippen LogP contribution is -2.44. The Morgan fingerprint density at radius 1 is 0.944 bits per heavy atom. The third kappa shape index (κ3) is 7.53. The number of hydrogen-bond acceptors (Lipinski definition) is 4. The number of aryl methyl sites for hydroxylation is 1. The Morgan fingerprint density at radius 2 is 1.64 bits per heavy atom. The van der Waals surface area contributed by atoms with Crippen molar-refractivity contribution in [3.8, 4) is 11.5 Å². The molecular formula is C28H27FN4O3. The number of halogens is 1. The molecule has 1 heterocycles. The summed E-state index contributed by atoms with van der Waals surface area (Å²) in [5.41, 5.74) is 2.42. The van der Waals surface area contributed by atoms with Gasteiger partial charge in [0, 0.05) is 17.6 Å². The van der Waals surface area contributed by atoms with Gasteiger partial charge in [0.2, 0.25) is 11.8 Å². The number of imidazole rings is 1. The number of nitrogens with zero attached hydrogens (tertiary/aromatic N) is 1. The molecule has 0 aliphatic carbocycles. The van der Waals surface area contributed by atoms with Gasteiger partial charge < -0.3 is 20.4 Å². The highest BCUT2D eigenvalue weighted by Crippen LogP contribution is 2.23. The Hall–Kier alpha value is -4.46. The zero-order valence-electron chi connectivity index (χ0n) is 19.6. The quantitative estimate of drug-likeness (QED) is 0.277. The van der Waals surface area contributed by atoms with Crippen LogP contribution in [0.1, 0.15) is 24.1 Å². The highest BCUT2D eigenvalue weighted by molar-refractivity contribution is 5.97. The van der Waals surface area contributed by atoms with Crippen molar-refractivity contribution < 1.29 is 18.7 Å². The van der Waals surface area contributed by atoms with Gasteiger partial charge in [0.1, 0.15) is 23.4 Å². The molecule has 3 aromatic carbocycles. The van der Waals surface area contributed by atoms with Gasteiger partial charge in [-0.05, 0) is 73.4 Å². The van der Waals surface area contributed by atoms with Gasteiger partial charge in [-0.3, -0.25) is 9.59 Å². The Morgan fingerprint density at radius 3 is 2.31 bits per heavy atom. The molecule has 3 N–H and O–H groups in total. The molecular weight excluding hydrogens is 459 g/mol. The largest absolute Gasteiger partial charge is 0.457 e. The fourth-order valence-electron chi connectivity index (χ4n) is 3.70. The summed E-state index contributed by atoms with van der Waals surface area (Å²) in [7, 11) is 0. The molecule has 36 heavy (non-hydrogen) atoms. The maximum absolute atomic E-state index is 13.1. The first-order valence-electron chi connectivity index (χ1n) is 11.7. The van der Waals surface area contributed by atoms with Gasteiger partial charge in [-0.2, -0.15) is 0 Å². The van der Waals surface area contributed by atoms with Crippen LogP contribution >= 0.6 is 0 Å². The fraction of sp³-hybridized carbons (Fsp3) is 0.179. The van der Waals surface area contributed by atoms with Crippen LogP contribution in [0.5, 0.6) is 11.5 Å². The van der Waals surface area contributed by atoms with E-state index >= 15 is 0 Å². The van der Waals surface area contributed by atoms with Gasteiger partial charge in [-0.25, -0.2) is 9.37 Å². The fourth-order valence-corrected chi connectivity index (χ4v) is 3.70. The SMILES string of the molecule is O=C(Cc1cnc[nH]1)NC(CCCc1ccccc1)C(=O)Nc1ccc(Oc2ccc(F)cc2)cc1. The smallest absolute Gasteiger partial charge is 0.246 e. The number of rotatable bonds is 11. The molecule has 4 aromatic rings. The standard InChI is InChI=1S/C28H27FN4O3/c29-21-9-13-24(14-10-21)36-25-15-11-22(12-16-25)32-28(35)26(8-4-7-20-5-2-1-3-6-20)33-27(34)17-23-18-30-19-31-23/h1-3,5-6,9-16,18-19,26H,4,7-8,17H2,(H,30,31)(H,32,35)(H,33,34). The third-order valence-electron chi connectivity index (χ3n) is 5.53. The minimum absolute atomic E-state index is 0.109. The van der Waals surface area contributed by atoms with Gasteiger partial charge in [0.25, 0.3) is 0 Å². The molecule has 0 radical (unpaired) electrons. The van der Waals surface area contributed by atoms with Crippen molar-refractivity contribution in [1.82, 2.24) is 15.3 Å². The average molecular weight is 487 g/mol. The van der Waals surface area contributed by atoms with E-state index in [-0.39, 0.29) is 24.1 Å². The molecule has 1 atom stereocenters. The summed E-state index contributed by atoms with van der Waals surface area (Å²) in [6, 6.07) is 21.9. The molecule has 184 valence electrons. The second-order valence-electron chi connectivity index (χ2n) is 8.32. The number of nitrogens with one attached hydrogen (secondary N) is 3. The summed E-state index contributed by atoms with van der Waals surface area (Å²) in [5.74, 6) is 0.157. The zero-order chi connectivity index (χ0) is 25.2. The maximum Gasteiger partial charge on any atom is 0.246 e. The van der Waals surface area contributed by atoms with Crippen LogP contribution < -0.4 is 15.4 Å². The minimum Gasteiger partial charge on any atom is -0.457 e. The van der Waals surface area contributed by atoms with Gasteiger partial charge in [-0.15, -0.1) is 0 Å². The summed E-state index contributed by atoms with van der Waals surface area (Å²) >= 11 is 0. The molecule has 0 aliphatic rings. The Labute approximate surface area is 208 Å². The molecule has 0 fully saturated rings. The Kier molecular flexibility index (Phi) is 8.43. The average Bonchev–Trinajstić information content (AvgIpc) is 3.39. The first-order valence-corrected chi connectivity index (χ1v) is 11.7. The lowest BCUT2D eigenvalue weighted by molar-refractivity contribution is -0.126. The Bertz CT molecular complexity index is 1240. The zero-order valence-corrected chi connectivity index (χ0v) is 19.6. The second-order valence-corrected chi connectivity index (χ2v) is 8.32. The topological polar surface area (TPSA) is 96.1 Å². The van der Waals surface area contributed by atoms with Crippen LogP contribution in [0.25, 0.3) is 0 Å². The van der Waals surface area contributed by atoms with E-state index in [4.69, 9.17) is 4.74 Å². The number of anilines is 1. The van der Waals surface area contributed by atoms with Crippen molar-refractivity contribution in [2.75, 3.05) is 5.32 Å². The summed E-state index contributed by atoms with van der Waals surface area (Å²) < 4.78 is 18.8. The van der Waals surface area contributed by atoms with E-state index in [2.05, 4.69) is 20.6 Å². The molecule has 0 bridgehead atoms. The van der Waals surface area contributed by atoms with Crippen LogP contribution in [0.3, 0.4) is 0 Å². The van der Waals surface area contributed by atoms with E-state index in [0.717, 1.165) is 12.8 Å². The second kappa shape index (κ2) is 12.3. The van der Waals surface area contributed by atoms with E-state index < -0.39 is 6.04 Å². The summed E-state index contributed by atoms with van der Waals surface area (Å²) in [6.45, 7) is 0. The number of aromatic nitrogens is 2. The summed E-state index contributed by atoms with van der Waals surface area (Å²) in [4.78, 5) is 32.5. The van der Waals surface area contributed by atoms with Crippen LogP contribution in [0.15, 0.2) is 91.4 Å². The van der Waals surface area contributed by atoms with Gasteiger partial charge >= 0.3 is 0 Å². The van der Waals surface area contributed by atoms with E-state index in [1.165, 1.54) is 36.2 Å². The molecule has 0 spiro atoms.